The normalized spacial score (nSPS) is 13.9. The highest BCUT2D eigenvalue weighted by Gasteiger charge is 2.23. The minimum atomic E-state index is -0.0809. The van der Waals surface area contributed by atoms with Crippen LogP contribution in [0.1, 0.15) is 35.2 Å². The van der Waals surface area contributed by atoms with E-state index in [2.05, 4.69) is 4.90 Å². The smallest absolute Gasteiger partial charge is 0.197 e. The number of hydrogen-bond donors (Lipinski definition) is 0. The second-order valence-corrected chi connectivity index (χ2v) is 8.64. The number of furan rings is 1. The van der Waals surface area contributed by atoms with Crippen molar-refractivity contribution in [3.8, 4) is 22.8 Å². The molecule has 35 heavy (non-hydrogen) atoms. The van der Waals surface area contributed by atoms with Crippen LogP contribution < -0.4 is 9.47 Å². The number of piperidine rings is 1. The Morgan fingerprint density at radius 2 is 1.63 bits per heavy atom. The Balaban J connectivity index is 0.00000289. The monoisotopic (exact) mass is 491 g/mol. The van der Waals surface area contributed by atoms with Crippen LogP contribution in [-0.2, 0) is 0 Å². The van der Waals surface area contributed by atoms with Crippen LogP contribution in [0.15, 0.2) is 77.2 Å². The Bertz CT molecular complexity index is 1260. The zero-order valence-corrected chi connectivity index (χ0v) is 20.7. The average molecular weight is 492 g/mol. The van der Waals surface area contributed by atoms with Crippen LogP contribution in [0.2, 0.25) is 0 Å². The van der Waals surface area contributed by atoms with Gasteiger partial charge in [0.1, 0.15) is 29.4 Å². The van der Waals surface area contributed by atoms with Gasteiger partial charge >= 0.3 is 0 Å². The number of carbonyl (C=O) groups is 1. The fourth-order valence-corrected chi connectivity index (χ4v) is 4.54. The first-order valence-electron chi connectivity index (χ1n) is 11.9. The lowest BCUT2D eigenvalue weighted by molar-refractivity contribution is 0.104. The first-order chi connectivity index (χ1) is 16.7. The van der Waals surface area contributed by atoms with E-state index in [1.807, 2.05) is 72.8 Å². The lowest BCUT2D eigenvalue weighted by Crippen LogP contribution is -2.33. The van der Waals surface area contributed by atoms with Crippen molar-refractivity contribution in [3.63, 3.8) is 0 Å². The van der Waals surface area contributed by atoms with E-state index >= 15 is 0 Å². The molecule has 3 aromatic carbocycles. The van der Waals surface area contributed by atoms with Crippen molar-refractivity contribution < 1.29 is 18.7 Å². The van der Waals surface area contributed by atoms with Crippen molar-refractivity contribution in [2.45, 2.75) is 19.3 Å². The maximum Gasteiger partial charge on any atom is 0.197 e. The van der Waals surface area contributed by atoms with E-state index in [1.165, 1.54) is 19.3 Å². The number of methoxy groups -OCH3 is 1. The molecule has 5 nitrogen and oxygen atoms in total. The molecule has 5 rings (SSSR count). The first-order valence-corrected chi connectivity index (χ1v) is 11.9. The van der Waals surface area contributed by atoms with E-state index in [9.17, 15) is 4.79 Å². The van der Waals surface area contributed by atoms with E-state index in [4.69, 9.17) is 13.9 Å². The van der Waals surface area contributed by atoms with Gasteiger partial charge in [0.25, 0.3) is 0 Å². The van der Waals surface area contributed by atoms with Crippen LogP contribution in [0.25, 0.3) is 22.3 Å². The number of carbonyl (C=O) groups excluding carboxylic acids is 1. The summed E-state index contributed by atoms with van der Waals surface area (Å²) in [7, 11) is 1.62. The molecule has 4 aromatic rings. The van der Waals surface area contributed by atoms with Crippen LogP contribution in [0.5, 0.6) is 11.5 Å². The molecule has 1 fully saturated rings. The molecule has 6 heteroatoms. The van der Waals surface area contributed by atoms with Crippen molar-refractivity contribution >= 4 is 29.2 Å². The highest BCUT2D eigenvalue weighted by atomic mass is 35.5. The van der Waals surface area contributed by atoms with Gasteiger partial charge in [-0.15, -0.1) is 12.4 Å². The highest BCUT2D eigenvalue weighted by Crippen LogP contribution is 2.37. The quantitative estimate of drug-likeness (QED) is 0.259. The van der Waals surface area contributed by atoms with Gasteiger partial charge < -0.3 is 13.9 Å². The van der Waals surface area contributed by atoms with Gasteiger partial charge in [-0.05, 0) is 62.3 Å². The van der Waals surface area contributed by atoms with E-state index in [-0.39, 0.29) is 18.2 Å². The fourth-order valence-electron chi connectivity index (χ4n) is 4.54. The van der Waals surface area contributed by atoms with Crippen LogP contribution >= 0.6 is 12.4 Å². The summed E-state index contributed by atoms with van der Waals surface area (Å²) >= 11 is 0. The molecule has 1 aromatic heterocycles. The molecule has 0 aliphatic carbocycles. The molecule has 182 valence electrons. The lowest BCUT2D eigenvalue weighted by Gasteiger charge is -2.26. The molecular weight excluding hydrogens is 462 g/mol. The van der Waals surface area contributed by atoms with Crippen LogP contribution in [-0.4, -0.2) is 44.0 Å². The van der Waals surface area contributed by atoms with E-state index < -0.39 is 0 Å². The summed E-state index contributed by atoms with van der Waals surface area (Å²) in [5.41, 5.74) is 2.64. The Labute approximate surface area is 212 Å². The third-order valence-electron chi connectivity index (χ3n) is 6.40. The summed E-state index contributed by atoms with van der Waals surface area (Å²) in [5.74, 6) is 1.95. The van der Waals surface area contributed by atoms with Gasteiger partial charge in [0.15, 0.2) is 5.78 Å². The molecule has 0 amide bonds. The second kappa shape index (κ2) is 11.4. The maximum atomic E-state index is 13.7. The van der Waals surface area contributed by atoms with Gasteiger partial charge in [0.2, 0.25) is 0 Å². The Morgan fingerprint density at radius 1 is 0.914 bits per heavy atom. The summed E-state index contributed by atoms with van der Waals surface area (Å²) in [6, 6.07) is 22.7. The van der Waals surface area contributed by atoms with Crippen molar-refractivity contribution in [2.75, 3.05) is 33.4 Å². The highest BCUT2D eigenvalue weighted by molar-refractivity contribution is 6.19. The molecule has 0 N–H and O–H groups in total. The third kappa shape index (κ3) is 5.53. The molecule has 1 aliphatic rings. The van der Waals surface area contributed by atoms with E-state index in [0.717, 1.165) is 36.3 Å². The van der Waals surface area contributed by atoms with Crippen LogP contribution in [0.3, 0.4) is 0 Å². The number of hydrogen-bond acceptors (Lipinski definition) is 5. The summed E-state index contributed by atoms with van der Waals surface area (Å²) in [5, 5.41) is 0.770. The van der Waals surface area contributed by atoms with Gasteiger partial charge in [-0.3, -0.25) is 9.69 Å². The average Bonchev–Trinajstić information content (AvgIpc) is 3.28. The zero-order chi connectivity index (χ0) is 23.3. The van der Waals surface area contributed by atoms with E-state index in [0.29, 0.717) is 34.8 Å². The second-order valence-electron chi connectivity index (χ2n) is 8.64. The number of ketones is 1. The van der Waals surface area contributed by atoms with Gasteiger partial charge in [-0.2, -0.15) is 0 Å². The topological polar surface area (TPSA) is 51.9 Å². The fraction of sp³-hybridized carbons (Fsp3) is 0.276. The van der Waals surface area contributed by atoms with Crippen molar-refractivity contribution in [1.29, 1.82) is 0 Å². The Morgan fingerprint density at radius 3 is 2.34 bits per heavy atom. The standard InChI is InChI=1S/C29H29NO4.ClH/c1-32-24-14-15-25-26(20-24)34-29(22-8-4-2-5-9-22)27(25)28(31)21-10-12-23(13-11-21)33-19-18-30-16-6-3-7-17-30;/h2,4-5,8-15,20H,3,6-7,16-19H2,1H3;1H. The molecule has 0 atom stereocenters. The van der Waals surface area contributed by atoms with Crippen molar-refractivity contribution in [3.05, 3.63) is 83.9 Å². The molecule has 0 bridgehead atoms. The number of likely N-dealkylation sites (tertiary alicyclic amines) is 1. The van der Waals surface area contributed by atoms with Gasteiger partial charge in [0, 0.05) is 29.1 Å². The Kier molecular flexibility index (Phi) is 8.11. The van der Waals surface area contributed by atoms with Crippen LogP contribution in [0, 0.1) is 0 Å². The largest absolute Gasteiger partial charge is 0.497 e. The molecule has 0 radical (unpaired) electrons. The summed E-state index contributed by atoms with van der Waals surface area (Å²) in [6.45, 7) is 3.90. The molecule has 1 saturated heterocycles. The van der Waals surface area contributed by atoms with Gasteiger partial charge in [-0.25, -0.2) is 0 Å². The van der Waals surface area contributed by atoms with E-state index in [1.54, 1.807) is 7.11 Å². The predicted octanol–water partition coefficient (Wildman–Crippen LogP) is 6.63. The summed E-state index contributed by atoms with van der Waals surface area (Å²) in [6.07, 6.45) is 3.88. The SMILES string of the molecule is COc1ccc2c(C(=O)c3ccc(OCCN4CCCCC4)cc3)c(-c3ccccc3)oc2c1.Cl. The molecule has 0 saturated carbocycles. The minimum absolute atomic E-state index is 0. The predicted molar refractivity (Wildman–Crippen MR) is 141 cm³/mol. The summed E-state index contributed by atoms with van der Waals surface area (Å²) < 4.78 is 17.5. The summed E-state index contributed by atoms with van der Waals surface area (Å²) in [4.78, 5) is 16.1. The molecule has 2 heterocycles. The maximum absolute atomic E-state index is 13.7. The first kappa shape index (κ1) is 24.8. The van der Waals surface area contributed by atoms with Gasteiger partial charge in [0.05, 0.1) is 12.7 Å². The number of benzene rings is 3. The third-order valence-corrected chi connectivity index (χ3v) is 6.40. The number of nitrogens with zero attached hydrogens (tertiary/aromatic N) is 1. The van der Waals surface area contributed by atoms with Crippen LogP contribution in [0.4, 0.5) is 0 Å². The van der Waals surface area contributed by atoms with Crippen molar-refractivity contribution in [2.24, 2.45) is 0 Å². The number of ether oxygens (including phenoxy) is 2. The molecular formula is C29H30ClNO4. The zero-order valence-electron chi connectivity index (χ0n) is 19.9. The number of rotatable bonds is 8. The van der Waals surface area contributed by atoms with Crippen molar-refractivity contribution in [1.82, 2.24) is 4.90 Å². The number of fused-ring (bicyclic) bond motifs is 1. The minimum Gasteiger partial charge on any atom is -0.497 e. The lowest BCUT2D eigenvalue weighted by atomic mass is 9.97. The molecule has 0 unspecified atom stereocenters. The molecule has 0 spiro atoms. The Hall–Kier alpha value is -3.28. The van der Waals surface area contributed by atoms with Gasteiger partial charge in [-0.1, -0.05) is 36.8 Å². The molecule has 1 aliphatic heterocycles. The number of halogens is 1.